The molecule has 7 heteroatoms. The minimum absolute atomic E-state index is 0.222. The van der Waals surface area contributed by atoms with Gasteiger partial charge in [0.25, 0.3) is 0 Å². The number of nitrogens with zero attached hydrogens (tertiary/aromatic N) is 6. The lowest BCUT2D eigenvalue weighted by Crippen LogP contribution is -2.57. The van der Waals surface area contributed by atoms with E-state index in [1.54, 1.807) is 6.08 Å². The molecule has 37 heavy (non-hydrogen) atoms. The second-order valence-corrected chi connectivity index (χ2v) is 11.0. The zero-order valence-electron chi connectivity index (χ0n) is 20.9. The second kappa shape index (κ2) is 8.65. The van der Waals surface area contributed by atoms with Crippen LogP contribution in [0.3, 0.4) is 0 Å². The Kier molecular flexibility index (Phi) is 5.24. The number of para-hydroxylation sites is 1. The van der Waals surface area contributed by atoms with Crippen LogP contribution < -0.4 is 4.90 Å². The van der Waals surface area contributed by atoms with Gasteiger partial charge in [-0.05, 0) is 62.7 Å². The number of nitriles is 1. The second-order valence-electron chi connectivity index (χ2n) is 11.0. The molecular formula is C30H30N6O. The highest BCUT2D eigenvalue weighted by Gasteiger charge is 2.45. The number of carbonyl (C=O) groups excluding carboxylic acids is 1. The van der Waals surface area contributed by atoms with E-state index < -0.39 is 0 Å². The Morgan fingerprint density at radius 1 is 1.05 bits per heavy atom. The van der Waals surface area contributed by atoms with E-state index in [2.05, 4.69) is 27.4 Å². The van der Waals surface area contributed by atoms with Crippen LogP contribution in [0.4, 0.5) is 5.82 Å². The van der Waals surface area contributed by atoms with Crippen molar-refractivity contribution in [2.75, 3.05) is 24.5 Å². The van der Waals surface area contributed by atoms with Gasteiger partial charge in [0.15, 0.2) is 5.82 Å². The first-order valence-corrected chi connectivity index (χ1v) is 13.5. The Morgan fingerprint density at radius 2 is 1.86 bits per heavy atom. The molecule has 0 radical (unpaired) electrons. The predicted octanol–water partition coefficient (Wildman–Crippen LogP) is 4.92. The van der Waals surface area contributed by atoms with Crippen LogP contribution in [0.25, 0.3) is 28.2 Å². The van der Waals surface area contributed by atoms with Gasteiger partial charge in [-0.15, -0.1) is 0 Å². The molecule has 7 rings (SSSR count). The smallest absolute Gasteiger partial charge is 0.226 e. The summed E-state index contributed by atoms with van der Waals surface area (Å²) in [5, 5.41) is 11.2. The van der Waals surface area contributed by atoms with Crippen molar-refractivity contribution in [1.29, 1.82) is 5.26 Å². The van der Waals surface area contributed by atoms with Crippen LogP contribution in [0, 0.1) is 23.2 Å². The van der Waals surface area contributed by atoms with Crippen molar-refractivity contribution in [2.24, 2.45) is 11.8 Å². The highest BCUT2D eigenvalue weighted by molar-refractivity contribution is 5.94. The Labute approximate surface area is 216 Å². The third kappa shape index (κ3) is 4.05. The lowest BCUT2D eigenvalue weighted by atomic mass is 9.99. The average molecular weight is 491 g/mol. The number of pyridine rings is 1. The van der Waals surface area contributed by atoms with Crippen LogP contribution in [0.1, 0.15) is 61.5 Å². The molecule has 4 aliphatic rings. The van der Waals surface area contributed by atoms with E-state index in [1.165, 1.54) is 12.8 Å². The van der Waals surface area contributed by atoms with Gasteiger partial charge in [-0.1, -0.05) is 24.8 Å². The van der Waals surface area contributed by atoms with Crippen molar-refractivity contribution < 1.29 is 4.79 Å². The van der Waals surface area contributed by atoms with E-state index in [-0.39, 0.29) is 12.0 Å². The summed E-state index contributed by atoms with van der Waals surface area (Å²) < 4.78 is 0. The topological polar surface area (TPSA) is 86.0 Å². The molecule has 2 aromatic heterocycles. The van der Waals surface area contributed by atoms with Gasteiger partial charge in [0.05, 0.1) is 28.5 Å². The van der Waals surface area contributed by atoms with Gasteiger partial charge in [0.2, 0.25) is 5.91 Å². The van der Waals surface area contributed by atoms with E-state index in [0.29, 0.717) is 42.2 Å². The Hall–Kier alpha value is -3.79. The standard InChI is InChI=1S/C30H30N6O/c1-2-26-32-24-6-4-3-5-22(24)28(33-26)23-15-21(16-31)29(34-27(23)19-9-10-19)35-13-14-36(30(37)20-11-12-20)25(17-35)18-7-8-18/h2-6,15,18-20,25H,1,7-14,17H2. The Morgan fingerprint density at radius 3 is 2.57 bits per heavy atom. The molecule has 1 amide bonds. The van der Waals surface area contributed by atoms with Crippen LogP contribution in [-0.4, -0.2) is 51.4 Å². The lowest BCUT2D eigenvalue weighted by Gasteiger charge is -2.43. The summed E-state index contributed by atoms with van der Waals surface area (Å²) in [6.45, 7) is 6.06. The van der Waals surface area contributed by atoms with E-state index in [4.69, 9.17) is 9.97 Å². The van der Waals surface area contributed by atoms with Crippen molar-refractivity contribution in [3.63, 3.8) is 0 Å². The first kappa shape index (κ1) is 22.4. The summed E-state index contributed by atoms with van der Waals surface area (Å²) in [7, 11) is 0. The monoisotopic (exact) mass is 490 g/mol. The SMILES string of the molecule is C=Cc1nc(-c2cc(C#N)c(N3CCN(C(=O)C4CC4)C(C4CC4)C3)nc2C2CC2)c2ccccc2n1. The molecule has 1 atom stereocenters. The van der Waals surface area contributed by atoms with E-state index in [9.17, 15) is 10.1 Å². The third-order valence-corrected chi connectivity index (χ3v) is 8.27. The van der Waals surface area contributed by atoms with Gasteiger partial charge in [-0.2, -0.15) is 5.26 Å². The van der Waals surface area contributed by atoms with Gasteiger partial charge >= 0.3 is 0 Å². The third-order valence-electron chi connectivity index (χ3n) is 8.27. The summed E-state index contributed by atoms with van der Waals surface area (Å²) in [6, 6.07) is 12.6. The summed E-state index contributed by atoms with van der Waals surface area (Å²) in [6.07, 6.45) is 8.30. The minimum atomic E-state index is 0.222. The maximum absolute atomic E-state index is 13.0. The molecule has 7 nitrogen and oxygen atoms in total. The molecule has 3 aliphatic carbocycles. The largest absolute Gasteiger partial charge is 0.352 e. The highest BCUT2D eigenvalue weighted by atomic mass is 16.2. The number of rotatable bonds is 6. The number of fused-ring (bicyclic) bond motifs is 1. The fourth-order valence-corrected chi connectivity index (χ4v) is 5.81. The molecule has 3 heterocycles. The minimum Gasteiger partial charge on any atom is -0.352 e. The lowest BCUT2D eigenvalue weighted by molar-refractivity contribution is -0.135. The number of carbonyl (C=O) groups is 1. The van der Waals surface area contributed by atoms with Crippen molar-refractivity contribution >= 4 is 28.7 Å². The molecule has 1 aliphatic heterocycles. The highest BCUT2D eigenvalue weighted by Crippen LogP contribution is 2.46. The van der Waals surface area contributed by atoms with Crippen molar-refractivity contribution in [1.82, 2.24) is 19.9 Å². The maximum atomic E-state index is 13.0. The summed E-state index contributed by atoms with van der Waals surface area (Å²) in [5.41, 5.74) is 4.18. The summed E-state index contributed by atoms with van der Waals surface area (Å²) >= 11 is 0. The average Bonchev–Trinajstić information content (AvgIpc) is 3.80. The number of aromatic nitrogens is 3. The molecule has 0 spiro atoms. The molecule has 186 valence electrons. The normalized spacial score (nSPS) is 21.6. The Bertz CT molecular complexity index is 1460. The number of piperazine rings is 1. The Balaban J connectivity index is 1.30. The van der Waals surface area contributed by atoms with Crippen molar-refractivity contribution in [3.8, 4) is 17.3 Å². The van der Waals surface area contributed by atoms with Gasteiger partial charge in [-0.3, -0.25) is 4.79 Å². The van der Waals surface area contributed by atoms with Crippen LogP contribution in [0.2, 0.25) is 0 Å². The van der Waals surface area contributed by atoms with Gasteiger partial charge in [0, 0.05) is 42.4 Å². The van der Waals surface area contributed by atoms with Gasteiger partial charge < -0.3 is 9.80 Å². The van der Waals surface area contributed by atoms with Gasteiger partial charge in [-0.25, -0.2) is 15.0 Å². The van der Waals surface area contributed by atoms with Gasteiger partial charge in [0.1, 0.15) is 11.9 Å². The van der Waals surface area contributed by atoms with E-state index in [1.807, 2.05) is 30.3 Å². The fraction of sp³-hybridized carbons (Fsp3) is 0.433. The zero-order valence-corrected chi connectivity index (χ0v) is 20.9. The van der Waals surface area contributed by atoms with Crippen LogP contribution in [0.15, 0.2) is 36.9 Å². The van der Waals surface area contributed by atoms with Crippen LogP contribution >= 0.6 is 0 Å². The number of benzene rings is 1. The summed E-state index contributed by atoms with van der Waals surface area (Å²) in [5.74, 6) is 2.86. The maximum Gasteiger partial charge on any atom is 0.226 e. The van der Waals surface area contributed by atoms with Crippen LogP contribution in [0.5, 0.6) is 0 Å². The molecule has 0 N–H and O–H groups in total. The molecule has 1 unspecified atom stereocenters. The number of hydrogen-bond donors (Lipinski definition) is 0. The zero-order chi connectivity index (χ0) is 25.1. The molecule has 4 fully saturated rings. The molecule has 0 bridgehead atoms. The van der Waals surface area contributed by atoms with E-state index in [0.717, 1.165) is 65.9 Å². The number of anilines is 1. The number of amides is 1. The molecule has 3 aromatic rings. The summed E-state index contributed by atoms with van der Waals surface area (Å²) in [4.78, 5) is 32.1. The molecule has 1 saturated heterocycles. The molecule has 3 saturated carbocycles. The van der Waals surface area contributed by atoms with Crippen molar-refractivity contribution in [2.45, 2.75) is 50.5 Å². The predicted molar refractivity (Wildman–Crippen MR) is 143 cm³/mol. The fourth-order valence-electron chi connectivity index (χ4n) is 5.81. The van der Waals surface area contributed by atoms with E-state index >= 15 is 0 Å². The van der Waals surface area contributed by atoms with Crippen LogP contribution in [-0.2, 0) is 4.79 Å². The quantitative estimate of drug-likeness (QED) is 0.487. The van der Waals surface area contributed by atoms with Crippen molar-refractivity contribution in [3.05, 3.63) is 54.0 Å². The molecular weight excluding hydrogens is 460 g/mol. The first-order chi connectivity index (χ1) is 18.1. The number of hydrogen-bond acceptors (Lipinski definition) is 6. The first-order valence-electron chi connectivity index (χ1n) is 13.5. The molecule has 1 aromatic carbocycles.